The number of ether oxygens (including phenoxy) is 2. The summed E-state index contributed by atoms with van der Waals surface area (Å²) >= 11 is 0. The summed E-state index contributed by atoms with van der Waals surface area (Å²) in [5, 5.41) is 2.90. The Kier molecular flexibility index (Phi) is 4.30. The molecule has 1 amide bonds. The van der Waals surface area contributed by atoms with Crippen molar-refractivity contribution in [2.75, 3.05) is 26.1 Å². The third kappa shape index (κ3) is 2.91. The zero-order valence-corrected chi connectivity index (χ0v) is 13.1. The zero-order chi connectivity index (χ0) is 16.2. The third-order valence-electron chi connectivity index (χ3n) is 3.67. The van der Waals surface area contributed by atoms with Crippen LogP contribution in [0.3, 0.4) is 0 Å². The van der Waals surface area contributed by atoms with Gasteiger partial charge in [-0.1, -0.05) is 24.3 Å². The predicted molar refractivity (Wildman–Crippen MR) is 91.2 cm³/mol. The van der Waals surface area contributed by atoms with Crippen molar-refractivity contribution in [3.05, 3.63) is 53.4 Å². The zero-order valence-electron chi connectivity index (χ0n) is 13.1. The molecular weight excluding hydrogens is 292 g/mol. The van der Waals surface area contributed by atoms with Gasteiger partial charge in [0.05, 0.1) is 25.0 Å². The first-order valence-electron chi connectivity index (χ1n) is 7.28. The van der Waals surface area contributed by atoms with Gasteiger partial charge in [-0.2, -0.15) is 0 Å². The number of anilines is 1. The molecule has 0 fully saturated rings. The topological polar surface area (TPSA) is 63.4 Å². The quantitative estimate of drug-likeness (QED) is 0.834. The number of methoxy groups -OCH3 is 2. The van der Waals surface area contributed by atoms with Crippen LogP contribution in [0.1, 0.15) is 16.8 Å². The largest absolute Gasteiger partial charge is 0.495 e. The van der Waals surface area contributed by atoms with Gasteiger partial charge in [0.1, 0.15) is 5.75 Å². The van der Waals surface area contributed by atoms with Gasteiger partial charge in [-0.25, -0.2) is 0 Å². The molecular formula is C18H18N2O3. The Hall–Kier alpha value is -2.79. The number of fused-ring (bicyclic) bond motifs is 1. The molecule has 2 heterocycles. The highest BCUT2D eigenvalue weighted by atomic mass is 16.5. The van der Waals surface area contributed by atoms with Gasteiger partial charge >= 0.3 is 0 Å². The number of H-pyrrole nitrogens is 1. The molecule has 3 rings (SSSR count). The van der Waals surface area contributed by atoms with Gasteiger partial charge in [0.2, 0.25) is 0 Å². The van der Waals surface area contributed by atoms with E-state index in [1.807, 2.05) is 42.5 Å². The van der Waals surface area contributed by atoms with E-state index < -0.39 is 0 Å². The maximum absolute atomic E-state index is 12.4. The van der Waals surface area contributed by atoms with Gasteiger partial charge in [-0.3, -0.25) is 4.79 Å². The molecule has 1 aromatic heterocycles. The molecule has 0 spiro atoms. The lowest BCUT2D eigenvalue weighted by Gasteiger charge is -2.04. The molecule has 1 aliphatic rings. The van der Waals surface area contributed by atoms with E-state index in [0.717, 1.165) is 22.5 Å². The maximum Gasteiger partial charge on any atom is 0.256 e. The number of benzene rings is 1. The molecule has 118 valence electrons. The van der Waals surface area contributed by atoms with Crippen LogP contribution >= 0.6 is 0 Å². The van der Waals surface area contributed by atoms with Crippen LogP contribution in [0.5, 0.6) is 5.75 Å². The van der Waals surface area contributed by atoms with Crippen LogP contribution in [-0.2, 0) is 9.53 Å². The summed E-state index contributed by atoms with van der Waals surface area (Å²) in [6.07, 6.45) is 7.48. The van der Waals surface area contributed by atoms with E-state index >= 15 is 0 Å². The second kappa shape index (κ2) is 6.54. The molecule has 0 saturated heterocycles. The molecule has 1 aliphatic heterocycles. The van der Waals surface area contributed by atoms with Crippen LogP contribution in [0, 0.1) is 0 Å². The number of hydrogen-bond acceptors (Lipinski definition) is 3. The summed E-state index contributed by atoms with van der Waals surface area (Å²) in [7, 11) is 3.25. The third-order valence-corrected chi connectivity index (χ3v) is 3.67. The number of rotatable bonds is 5. The molecule has 0 radical (unpaired) electrons. The fraction of sp³-hybridized carbons (Fsp3) is 0.167. The lowest BCUT2D eigenvalue weighted by molar-refractivity contribution is -0.110. The van der Waals surface area contributed by atoms with Crippen molar-refractivity contribution in [2.24, 2.45) is 0 Å². The Balaban J connectivity index is 2.07. The highest BCUT2D eigenvalue weighted by Gasteiger charge is 2.26. The lowest BCUT2D eigenvalue weighted by Crippen LogP contribution is -2.03. The molecule has 2 aromatic rings. The van der Waals surface area contributed by atoms with E-state index in [-0.39, 0.29) is 5.91 Å². The molecule has 0 aliphatic carbocycles. The Morgan fingerprint density at radius 3 is 2.87 bits per heavy atom. The van der Waals surface area contributed by atoms with Crippen LogP contribution in [0.25, 0.3) is 17.7 Å². The normalized spacial score (nSPS) is 15.2. The van der Waals surface area contributed by atoms with E-state index in [9.17, 15) is 4.79 Å². The number of amides is 1. The van der Waals surface area contributed by atoms with Crippen molar-refractivity contribution in [3.8, 4) is 5.75 Å². The van der Waals surface area contributed by atoms with Crippen molar-refractivity contribution < 1.29 is 14.3 Å². The molecule has 0 saturated carbocycles. The molecule has 5 heteroatoms. The number of carbonyl (C=O) groups excluding carboxylic acids is 1. The Morgan fingerprint density at radius 2 is 2.09 bits per heavy atom. The second-order valence-corrected chi connectivity index (χ2v) is 5.10. The molecule has 1 aromatic carbocycles. The Morgan fingerprint density at radius 1 is 1.22 bits per heavy atom. The van der Waals surface area contributed by atoms with E-state index in [0.29, 0.717) is 17.9 Å². The van der Waals surface area contributed by atoms with Gasteiger partial charge in [0.25, 0.3) is 5.91 Å². The first-order valence-corrected chi connectivity index (χ1v) is 7.28. The summed E-state index contributed by atoms with van der Waals surface area (Å²) in [5.41, 5.74) is 4.04. The van der Waals surface area contributed by atoms with E-state index in [4.69, 9.17) is 9.47 Å². The van der Waals surface area contributed by atoms with E-state index in [1.54, 1.807) is 20.4 Å². The summed E-state index contributed by atoms with van der Waals surface area (Å²) in [6, 6.07) is 7.62. The van der Waals surface area contributed by atoms with Crippen LogP contribution in [-0.4, -0.2) is 31.7 Å². The number of aromatic amines is 1. The van der Waals surface area contributed by atoms with Crippen LogP contribution in [0.4, 0.5) is 5.69 Å². The summed E-state index contributed by atoms with van der Waals surface area (Å²) < 4.78 is 10.3. The summed E-state index contributed by atoms with van der Waals surface area (Å²) in [5.74, 6) is 0.579. The first kappa shape index (κ1) is 15.1. The minimum Gasteiger partial charge on any atom is -0.495 e. The number of aromatic nitrogens is 1. The molecule has 0 unspecified atom stereocenters. The Bertz CT molecular complexity index is 787. The fourth-order valence-corrected chi connectivity index (χ4v) is 2.63. The average molecular weight is 310 g/mol. The number of hydrogen-bond donors (Lipinski definition) is 2. The fourth-order valence-electron chi connectivity index (χ4n) is 2.63. The van der Waals surface area contributed by atoms with Crippen molar-refractivity contribution >= 4 is 29.3 Å². The highest BCUT2D eigenvalue weighted by Crippen LogP contribution is 2.37. The molecule has 23 heavy (non-hydrogen) atoms. The van der Waals surface area contributed by atoms with Crippen molar-refractivity contribution in [2.45, 2.75) is 0 Å². The van der Waals surface area contributed by atoms with Crippen LogP contribution in [0.15, 0.2) is 36.5 Å². The first-order chi connectivity index (χ1) is 11.2. The minimum absolute atomic E-state index is 0.121. The molecule has 5 nitrogen and oxygen atoms in total. The summed E-state index contributed by atoms with van der Waals surface area (Å²) in [6.45, 7) is 0.522. The maximum atomic E-state index is 12.4. The Labute approximate surface area is 134 Å². The minimum atomic E-state index is -0.121. The van der Waals surface area contributed by atoms with E-state index in [2.05, 4.69) is 10.3 Å². The van der Waals surface area contributed by atoms with Crippen molar-refractivity contribution in [1.29, 1.82) is 0 Å². The standard InChI is InChI=1S/C18H18N2O3/c1-22-10-4-6-12-5-3-7-14-17(12)13(18(21)20-14)11-15-16(23-2)8-9-19-15/h3-9,11,19H,10H2,1-2H3,(H,20,21)/b6-4?,13-11-. The molecule has 0 atom stereocenters. The van der Waals surface area contributed by atoms with Crippen molar-refractivity contribution in [3.63, 3.8) is 0 Å². The predicted octanol–water partition coefficient (Wildman–Crippen LogP) is 3.18. The van der Waals surface area contributed by atoms with E-state index in [1.165, 1.54) is 0 Å². The highest BCUT2D eigenvalue weighted by molar-refractivity contribution is 6.35. The van der Waals surface area contributed by atoms with Crippen molar-refractivity contribution in [1.82, 2.24) is 4.98 Å². The van der Waals surface area contributed by atoms with Gasteiger partial charge < -0.3 is 19.8 Å². The van der Waals surface area contributed by atoms with Gasteiger partial charge in [0.15, 0.2) is 0 Å². The summed E-state index contributed by atoms with van der Waals surface area (Å²) in [4.78, 5) is 15.4. The second-order valence-electron chi connectivity index (χ2n) is 5.10. The van der Waals surface area contributed by atoms with Gasteiger partial charge in [-0.15, -0.1) is 0 Å². The van der Waals surface area contributed by atoms with Gasteiger partial charge in [0, 0.05) is 24.6 Å². The van der Waals surface area contributed by atoms with Crippen LogP contribution in [0.2, 0.25) is 0 Å². The van der Waals surface area contributed by atoms with Gasteiger partial charge in [-0.05, 0) is 23.8 Å². The average Bonchev–Trinajstić information content (AvgIpc) is 3.13. The van der Waals surface area contributed by atoms with Crippen LogP contribution < -0.4 is 10.1 Å². The number of nitrogens with one attached hydrogen (secondary N) is 2. The monoisotopic (exact) mass is 310 g/mol. The SMILES string of the molecule is COCC=Cc1cccc2c1/C(=C/c1[nH]ccc1OC)C(=O)N2. The molecule has 2 N–H and O–H groups in total. The smallest absolute Gasteiger partial charge is 0.256 e. The lowest BCUT2D eigenvalue weighted by atomic mass is 9.99. The number of carbonyl (C=O) groups is 1. The molecule has 0 bridgehead atoms.